The number of unbranched alkanes of at least 4 members (excludes halogenated alkanes) is 21. The fourth-order valence-electron chi connectivity index (χ4n) is 10.1. The van der Waals surface area contributed by atoms with Gasteiger partial charge in [-0.1, -0.05) is 288 Å². The number of allylic oxidation sites excluding steroid dienone is 27. The first kappa shape index (κ1) is 100. The van der Waals surface area contributed by atoms with E-state index in [1.165, 1.54) is 57.8 Å². The molecule has 0 saturated carbocycles. The molecule has 0 aliphatic heterocycles. The Hall–Kier alpha value is -5.58. The van der Waals surface area contributed by atoms with Crippen molar-refractivity contribution < 1.29 is 80.2 Å². The predicted molar refractivity (Wildman–Crippen MR) is 436 cm³/mol. The first-order valence-corrected chi connectivity index (χ1v) is 43.4. The largest absolute Gasteiger partial charge is 0.472 e. The summed E-state index contributed by atoms with van der Waals surface area (Å²) in [5.74, 6) is -2.43. The number of esters is 4. The fraction of sp³-hybridized carbons (Fsp3) is 0.632. The van der Waals surface area contributed by atoms with Crippen LogP contribution in [0.2, 0.25) is 0 Å². The molecule has 0 amide bonds. The molecule has 602 valence electrons. The van der Waals surface area contributed by atoms with Crippen LogP contribution >= 0.6 is 15.6 Å². The van der Waals surface area contributed by atoms with Gasteiger partial charge in [-0.05, 0) is 154 Å². The summed E-state index contributed by atoms with van der Waals surface area (Å²) in [7, 11) is -10.0. The lowest BCUT2D eigenvalue weighted by molar-refractivity contribution is -0.161. The molecule has 0 aromatic carbocycles. The number of carbonyl (C=O) groups is 4. The van der Waals surface area contributed by atoms with Crippen molar-refractivity contribution in [3.63, 3.8) is 0 Å². The van der Waals surface area contributed by atoms with E-state index in [9.17, 15) is 43.2 Å². The van der Waals surface area contributed by atoms with Gasteiger partial charge < -0.3 is 33.8 Å². The lowest BCUT2D eigenvalue weighted by atomic mass is 10.1. The maximum atomic E-state index is 13.1. The van der Waals surface area contributed by atoms with Gasteiger partial charge in [0.05, 0.1) is 32.8 Å². The highest BCUT2D eigenvalue weighted by atomic mass is 31.2. The molecule has 17 nitrogen and oxygen atoms in total. The standard InChI is InChI=1S/C87H142O17P2/c1-5-9-13-17-21-25-29-33-37-39-40-42-46-48-52-56-60-64-68-72-85(90)98-78-83(104-87(92)74-70-66-62-58-54-50-44-36-32-28-24-20-16-12-8-4)80-102-106(95,96)100-76-81(88)75-99-105(93,94)101-79-82(103-86(91)73-69-65-61-57-53-49-43-35-31-27-23-19-15-11-7-3)77-97-84(89)71-67-63-59-55-51-47-45-41-38-34-30-26-22-18-14-10-6-2/h10,12,14,16,21-22,24-26,28,33-38,40,42-45,47,54-55,58-59,66,70,81-83,88H,5-9,11,13,15,17-20,23,27,29-32,39,41,46,48-53,56-57,60-65,67-69,71-80H2,1-4H3,(H,93,94)(H,95,96)/b14-10-,16-12-,25-21-,26-22-,28-24-,37-33-,38-34-,42-40-,43-35-,44-36-,47-45-,58-54-,59-55-,70-66-. The second-order valence-corrected chi connectivity index (χ2v) is 29.2. The first-order valence-electron chi connectivity index (χ1n) is 40.4. The highest BCUT2D eigenvalue weighted by Crippen LogP contribution is 2.45. The minimum atomic E-state index is -5.02. The third kappa shape index (κ3) is 76.6. The van der Waals surface area contributed by atoms with Crippen LogP contribution in [0, 0.1) is 0 Å². The zero-order valence-electron chi connectivity index (χ0n) is 65.8. The lowest BCUT2D eigenvalue weighted by Crippen LogP contribution is -2.30. The summed E-state index contributed by atoms with van der Waals surface area (Å²) < 4.78 is 68.4. The number of hydrogen-bond acceptors (Lipinski definition) is 15. The molecule has 0 bridgehead atoms. The van der Waals surface area contributed by atoms with Crippen LogP contribution in [-0.4, -0.2) is 96.7 Å². The Morgan fingerprint density at radius 2 is 0.538 bits per heavy atom. The Labute approximate surface area is 642 Å². The minimum absolute atomic E-state index is 0.0649. The second kappa shape index (κ2) is 77.6. The average Bonchev–Trinajstić information content (AvgIpc) is 0.928. The number of carbonyl (C=O) groups excluding carboxylic acids is 4. The fourth-order valence-corrected chi connectivity index (χ4v) is 11.7. The molecule has 0 radical (unpaired) electrons. The van der Waals surface area contributed by atoms with Crippen LogP contribution in [0.1, 0.15) is 297 Å². The van der Waals surface area contributed by atoms with E-state index in [0.29, 0.717) is 32.1 Å². The first-order chi connectivity index (χ1) is 51.7. The number of phosphoric acid groups is 2. The number of aliphatic hydroxyl groups is 1. The Balaban J connectivity index is 5.50. The van der Waals surface area contributed by atoms with Crippen molar-refractivity contribution >= 4 is 39.5 Å². The van der Waals surface area contributed by atoms with Crippen molar-refractivity contribution in [3.05, 3.63) is 170 Å². The predicted octanol–water partition coefficient (Wildman–Crippen LogP) is 23.8. The topological polar surface area (TPSA) is 237 Å². The SMILES string of the molecule is CC/C=C\C/C=C\C/C=C\C/C=C\C/C=C\CCCC(=O)OCC(COP(=O)(O)OCC(O)COP(=O)(O)OCC(COC(=O)CCCCCCCC/C=C\C/C=C\C/C=C\CCCCC)OC(=O)C/C=C\C/C=C\C/C=C\C/C=C\C/C=C\CC)OC(=O)CCCCCCC/C=C\CCCCCCCC. The molecule has 0 aliphatic rings. The van der Waals surface area contributed by atoms with Gasteiger partial charge >= 0.3 is 39.5 Å². The van der Waals surface area contributed by atoms with Crippen molar-refractivity contribution in [2.45, 2.75) is 316 Å². The third-order valence-electron chi connectivity index (χ3n) is 16.2. The molecule has 0 spiro atoms. The van der Waals surface area contributed by atoms with Crippen LogP contribution < -0.4 is 0 Å². The third-order valence-corrected chi connectivity index (χ3v) is 18.1. The number of ether oxygens (including phenoxy) is 4. The molecule has 5 atom stereocenters. The summed E-state index contributed by atoms with van der Waals surface area (Å²) in [6.45, 7) is 4.40. The van der Waals surface area contributed by atoms with Crippen molar-refractivity contribution in [1.82, 2.24) is 0 Å². The highest BCUT2D eigenvalue weighted by molar-refractivity contribution is 7.47. The smallest absolute Gasteiger partial charge is 0.462 e. The summed E-state index contributed by atoms with van der Waals surface area (Å²) in [6.07, 6.45) is 92.3. The van der Waals surface area contributed by atoms with E-state index in [-0.39, 0.29) is 25.7 Å². The van der Waals surface area contributed by atoms with Gasteiger partial charge in [-0.15, -0.1) is 0 Å². The van der Waals surface area contributed by atoms with E-state index >= 15 is 0 Å². The van der Waals surface area contributed by atoms with Gasteiger partial charge in [-0.3, -0.25) is 37.3 Å². The summed E-state index contributed by atoms with van der Waals surface area (Å²) in [5, 5.41) is 10.6. The van der Waals surface area contributed by atoms with Crippen molar-refractivity contribution in [2.24, 2.45) is 0 Å². The number of hydrogen-bond donors (Lipinski definition) is 3. The molecule has 0 rings (SSSR count). The summed E-state index contributed by atoms with van der Waals surface area (Å²) in [5.41, 5.74) is 0. The van der Waals surface area contributed by atoms with E-state index in [4.69, 9.17) is 37.0 Å². The molecule has 0 heterocycles. The van der Waals surface area contributed by atoms with Crippen molar-refractivity contribution in [3.8, 4) is 0 Å². The molecule has 19 heteroatoms. The van der Waals surface area contributed by atoms with E-state index < -0.39 is 97.5 Å². The number of rotatable bonds is 74. The number of phosphoric ester groups is 2. The van der Waals surface area contributed by atoms with Crippen LogP contribution in [0.15, 0.2) is 170 Å². The summed E-state index contributed by atoms with van der Waals surface area (Å²) >= 11 is 0. The van der Waals surface area contributed by atoms with E-state index in [0.717, 1.165) is 154 Å². The molecule has 0 aliphatic carbocycles. The molecule has 0 aromatic rings. The maximum absolute atomic E-state index is 13.1. The van der Waals surface area contributed by atoms with Crippen LogP contribution in [0.3, 0.4) is 0 Å². The van der Waals surface area contributed by atoms with Crippen LogP contribution in [-0.2, 0) is 65.4 Å². The van der Waals surface area contributed by atoms with Crippen LogP contribution in [0.5, 0.6) is 0 Å². The molecule has 0 fully saturated rings. The van der Waals surface area contributed by atoms with Gasteiger partial charge in [0.2, 0.25) is 0 Å². The molecular formula is C87H142O17P2. The Morgan fingerprint density at radius 3 is 0.906 bits per heavy atom. The van der Waals surface area contributed by atoms with Gasteiger partial charge in [0.15, 0.2) is 12.2 Å². The van der Waals surface area contributed by atoms with Crippen molar-refractivity contribution in [1.29, 1.82) is 0 Å². The van der Waals surface area contributed by atoms with E-state index in [2.05, 4.69) is 161 Å². The minimum Gasteiger partial charge on any atom is -0.462 e. The van der Waals surface area contributed by atoms with Gasteiger partial charge in [0.25, 0.3) is 0 Å². The molecular weight excluding hydrogens is 1380 g/mol. The van der Waals surface area contributed by atoms with E-state index in [1.807, 2.05) is 24.3 Å². The highest BCUT2D eigenvalue weighted by Gasteiger charge is 2.30. The maximum Gasteiger partial charge on any atom is 0.472 e. The van der Waals surface area contributed by atoms with Gasteiger partial charge in [-0.2, -0.15) is 0 Å². The van der Waals surface area contributed by atoms with Gasteiger partial charge in [-0.25, -0.2) is 9.13 Å². The summed E-state index contributed by atoms with van der Waals surface area (Å²) in [6, 6.07) is 0. The van der Waals surface area contributed by atoms with Crippen molar-refractivity contribution in [2.75, 3.05) is 39.6 Å². The lowest BCUT2D eigenvalue weighted by Gasteiger charge is -2.21. The quantitative estimate of drug-likeness (QED) is 0.0169. The van der Waals surface area contributed by atoms with Gasteiger partial charge in [0.1, 0.15) is 19.3 Å². The molecule has 0 aromatic heterocycles. The molecule has 5 unspecified atom stereocenters. The Morgan fingerprint density at radius 1 is 0.283 bits per heavy atom. The normalized spacial score (nSPS) is 14.7. The Bertz CT molecular complexity index is 2680. The molecule has 0 saturated heterocycles. The zero-order chi connectivity index (χ0) is 77.4. The summed E-state index contributed by atoms with van der Waals surface area (Å²) in [4.78, 5) is 73.0. The second-order valence-electron chi connectivity index (χ2n) is 26.3. The average molecular weight is 1520 g/mol. The monoisotopic (exact) mass is 1520 g/mol. The van der Waals surface area contributed by atoms with Crippen LogP contribution in [0.4, 0.5) is 0 Å². The van der Waals surface area contributed by atoms with Crippen LogP contribution in [0.25, 0.3) is 0 Å². The molecule has 106 heavy (non-hydrogen) atoms. The molecule has 3 N–H and O–H groups in total. The van der Waals surface area contributed by atoms with Gasteiger partial charge in [0, 0.05) is 19.3 Å². The zero-order valence-corrected chi connectivity index (χ0v) is 67.6. The Kier molecular flexibility index (Phi) is 73.5. The number of aliphatic hydroxyl groups excluding tert-OH is 1. The van der Waals surface area contributed by atoms with E-state index in [1.54, 1.807) is 12.2 Å².